The monoisotopic (exact) mass is 411 g/mol. The molecule has 0 aliphatic heterocycles. The highest BCUT2D eigenvalue weighted by atomic mass is 16.5. The minimum Gasteiger partial charge on any atom is -0.437 e. The maximum absolute atomic E-state index is 12.2. The Hall–Kier alpha value is -1.33. The summed E-state index contributed by atoms with van der Waals surface area (Å²) in [5.41, 5.74) is 5.15. The summed E-state index contributed by atoms with van der Waals surface area (Å²) < 4.78 is 5.61. The third kappa shape index (κ3) is 3.42. The predicted molar refractivity (Wildman–Crippen MR) is 122 cm³/mol. The molecule has 2 N–H and O–H groups in total. The number of carbonyl (C=O) groups excluding carboxylic acids is 1. The molecule has 0 amide bonds. The van der Waals surface area contributed by atoms with Crippen molar-refractivity contribution < 1.29 is 14.6 Å². The highest BCUT2D eigenvalue weighted by Crippen LogP contribution is 2.67. The van der Waals surface area contributed by atoms with Crippen LogP contribution in [-0.2, 0) is 16.6 Å². The van der Waals surface area contributed by atoms with Crippen molar-refractivity contribution in [2.45, 2.75) is 85.4 Å². The number of carbonyl (C=O) groups is 1. The summed E-state index contributed by atoms with van der Waals surface area (Å²) in [5.74, 6) is 1.71. The maximum Gasteiger partial charge on any atom is 0.374 e. The van der Waals surface area contributed by atoms with E-state index in [1.807, 2.05) is 6.07 Å². The van der Waals surface area contributed by atoms with Crippen LogP contribution in [0, 0.1) is 29.6 Å². The Kier molecular flexibility index (Phi) is 5.38. The molecule has 30 heavy (non-hydrogen) atoms. The first kappa shape index (κ1) is 21.9. The standard InChI is InChI=1S/C25H38BNO3/c1-16-12-18(30-21(28)15-27-26(6)29)13-17-14-20-24(4)10-7-9-23(2,3)19(24)8-11-25(20,5)22(16)17/h12-13,19-20,27,29H,7-11,14-15H2,1-6H3/t19-,20+,24-,25+/m0/s1. The Morgan fingerprint density at radius 1 is 1.20 bits per heavy atom. The van der Waals surface area contributed by atoms with Crippen molar-refractivity contribution in [3.63, 3.8) is 0 Å². The summed E-state index contributed by atoms with van der Waals surface area (Å²) in [6.45, 7) is 13.8. The van der Waals surface area contributed by atoms with Gasteiger partial charge in [-0.25, -0.2) is 0 Å². The Bertz CT molecular complexity index is 851. The molecular weight excluding hydrogens is 373 g/mol. The van der Waals surface area contributed by atoms with Gasteiger partial charge in [0.2, 0.25) is 0 Å². The van der Waals surface area contributed by atoms with Crippen LogP contribution in [0.3, 0.4) is 0 Å². The van der Waals surface area contributed by atoms with Gasteiger partial charge < -0.3 is 15.0 Å². The lowest BCUT2D eigenvalue weighted by Crippen LogP contribution is -2.55. The van der Waals surface area contributed by atoms with E-state index < -0.39 is 7.05 Å². The van der Waals surface area contributed by atoms with E-state index >= 15 is 0 Å². The maximum atomic E-state index is 12.2. The highest BCUT2D eigenvalue weighted by Gasteiger charge is 2.61. The van der Waals surface area contributed by atoms with Crippen molar-refractivity contribution in [1.82, 2.24) is 5.23 Å². The largest absolute Gasteiger partial charge is 0.437 e. The van der Waals surface area contributed by atoms with E-state index in [-0.39, 0.29) is 17.9 Å². The number of fused-ring (bicyclic) bond motifs is 5. The van der Waals surface area contributed by atoms with Crippen LogP contribution in [-0.4, -0.2) is 24.6 Å². The van der Waals surface area contributed by atoms with Crippen molar-refractivity contribution in [2.75, 3.05) is 6.54 Å². The van der Waals surface area contributed by atoms with Crippen molar-refractivity contribution in [3.8, 4) is 5.75 Å². The van der Waals surface area contributed by atoms with Gasteiger partial charge in [-0.05, 0) is 103 Å². The van der Waals surface area contributed by atoms with Crippen molar-refractivity contribution >= 4 is 13.0 Å². The third-order valence-electron chi connectivity index (χ3n) is 8.95. The normalized spacial score (nSPS) is 34.0. The summed E-state index contributed by atoms with van der Waals surface area (Å²) in [7, 11) is -0.726. The van der Waals surface area contributed by atoms with E-state index in [2.05, 4.69) is 45.9 Å². The lowest BCUT2D eigenvalue weighted by Gasteiger charge is -2.61. The SMILES string of the molecule is CB(O)NCC(=O)Oc1cc(C)c2c(c1)C[C@@H]1[C@@]3(C)CCCC(C)(C)[C@@H]3CC[C@@]21C. The summed E-state index contributed by atoms with van der Waals surface area (Å²) in [5, 5.41) is 12.0. The molecule has 2 saturated carbocycles. The van der Waals surface area contributed by atoms with E-state index in [0.29, 0.717) is 22.5 Å². The van der Waals surface area contributed by atoms with Crippen LogP contribution in [0.5, 0.6) is 5.75 Å². The van der Waals surface area contributed by atoms with Crippen LogP contribution < -0.4 is 9.96 Å². The molecule has 0 heterocycles. The lowest BCUT2D eigenvalue weighted by molar-refractivity contribution is -0.133. The van der Waals surface area contributed by atoms with Gasteiger partial charge in [0.25, 0.3) is 0 Å². The van der Waals surface area contributed by atoms with Crippen molar-refractivity contribution in [3.05, 3.63) is 28.8 Å². The molecule has 1 aromatic carbocycles. The topological polar surface area (TPSA) is 58.6 Å². The lowest BCUT2D eigenvalue weighted by atomic mass is 9.43. The number of esters is 1. The molecule has 0 aromatic heterocycles. The van der Waals surface area contributed by atoms with Crippen molar-refractivity contribution in [1.29, 1.82) is 0 Å². The molecule has 0 radical (unpaired) electrons. The molecule has 4 atom stereocenters. The average molecular weight is 411 g/mol. The molecule has 0 unspecified atom stereocenters. The van der Waals surface area contributed by atoms with E-state index in [1.54, 1.807) is 6.82 Å². The minimum atomic E-state index is -0.726. The Morgan fingerprint density at radius 3 is 2.63 bits per heavy atom. The third-order valence-corrected chi connectivity index (χ3v) is 8.95. The van der Waals surface area contributed by atoms with Gasteiger partial charge >= 0.3 is 13.0 Å². The van der Waals surface area contributed by atoms with E-state index in [4.69, 9.17) is 4.74 Å². The molecule has 164 valence electrons. The number of hydrogen-bond donors (Lipinski definition) is 2. The Labute approximate surface area is 182 Å². The fraction of sp³-hybridized carbons (Fsp3) is 0.720. The van der Waals surface area contributed by atoms with Crippen LogP contribution >= 0.6 is 0 Å². The number of ether oxygens (including phenoxy) is 1. The zero-order valence-corrected chi connectivity index (χ0v) is 19.6. The molecule has 3 aliphatic rings. The number of nitrogens with one attached hydrogen (secondary N) is 1. The van der Waals surface area contributed by atoms with Crippen LogP contribution in [0.4, 0.5) is 0 Å². The van der Waals surface area contributed by atoms with Crippen molar-refractivity contribution in [2.24, 2.45) is 22.7 Å². The van der Waals surface area contributed by atoms with E-state index in [0.717, 1.165) is 12.3 Å². The van der Waals surface area contributed by atoms with Gasteiger partial charge in [0.1, 0.15) is 5.75 Å². The summed E-state index contributed by atoms with van der Waals surface area (Å²) in [4.78, 5) is 12.2. The molecule has 0 saturated heterocycles. The predicted octanol–water partition coefficient (Wildman–Crippen LogP) is 4.66. The van der Waals surface area contributed by atoms with E-state index in [9.17, 15) is 9.82 Å². The van der Waals surface area contributed by atoms with Gasteiger partial charge in [0.15, 0.2) is 0 Å². The van der Waals surface area contributed by atoms with E-state index in [1.165, 1.54) is 48.8 Å². The fourth-order valence-electron chi connectivity index (χ4n) is 7.89. The molecule has 0 spiro atoms. The minimum absolute atomic E-state index is 0.00295. The van der Waals surface area contributed by atoms with Crippen LogP contribution in [0.25, 0.3) is 0 Å². The summed E-state index contributed by atoms with van der Waals surface area (Å²) >= 11 is 0. The first-order valence-corrected chi connectivity index (χ1v) is 11.7. The number of benzene rings is 1. The fourth-order valence-corrected chi connectivity index (χ4v) is 7.89. The van der Waals surface area contributed by atoms with Gasteiger partial charge in [-0.1, -0.05) is 34.1 Å². The Balaban J connectivity index is 1.63. The van der Waals surface area contributed by atoms with Crippen LogP contribution in [0.15, 0.2) is 12.1 Å². The second kappa shape index (κ2) is 7.37. The van der Waals surface area contributed by atoms with Crippen LogP contribution in [0.1, 0.15) is 76.5 Å². The molecular formula is C25H38BNO3. The molecule has 0 bridgehead atoms. The van der Waals surface area contributed by atoms with Gasteiger partial charge in [0, 0.05) is 0 Å². The summed E-state index contributed by atoms with van der Waals surface area (Å²) in [6, 6.07) is 4.14. The smallest absolute Gasteiger partial charge is 0.374 e. The van der Waals surface area contributed by atoms with Gasteiger partial charge in [-0.3, -0.25) is 4.79 Å². The quantitative estimate of drug-likeness (QED) is 0.430. The second-order valence-electron chi connectivity index (χ2n) is 11.4. The van der Waals surface area contributed by atoms with Crippen LogP contribution in [0.2, 0.25) is 6.82 Å². The van der Waals surface area contributed by atoms with Gasteiger partial charge in [-0.2, -0.15) is 0 Å². The molecule has 4 rings (SSSR count). The molecule has 3 aliphatic carbocycles. The Morgan fingerprint density at radius 2 is 1.93 bits per heavy atom. The first-order chi connectivity index (χ1) is 14.0. The number of rotatable bonds is 4. The zero-order valence-electron chi connectivity index (χ0n) is 19.6. The molecule has 1 aromatic rings. The second-order valence-corrected chi connectivity index (χ2v) is 11.4. The zero-order chi connectivity index (χ0) is 21.9. The summed E-state index contributed by atoms with van der Waals surface area (Å²) in [6.07, 6.45) is 7.68. The molecule has 4 nitrogen and oxygen atoms in total. The van der Waals surface area contributed by atoms with Gasteiger partial charge in [0.05, 0.1) is 6.54 Å². The van der Waals surface area contributed by atoms with Gasteiger partial charge in [-0.15, -0.1) is 0 Å². The number of hydrogen-bond acceptors (Lipinski definition) is 4. The average Bonchev–Trinajstić information content (AvgIpc) is 2.93. The first-order valence-electron chi connectivity index (χ1n) is 11.7. The highest BCUT2D eigenvalue weighted by molar-refractivity contribution is 6.45. The molecule has 2 fully saturated rings. The molecule has 5 heteroatoms. The number of aryl methyl sites for hydroxylation is 1.